The molecule has 0 aliphatic carbocycles. The third-order valence-corrected chi connectivity index (χ3v) is 5.33. The first-order chi connectivity index (χ1) is 15.3. The molecule has 0 aliphatic rings. The van der Waals surface area contributed by atoms with Gasteiger partial charge in [0.05, 0.1) is 0 Å². The van der Waals surface area contributed by atoms with Crippen LogP contribution < -0.4 is 4.74 Å². The first kappa shape index (κ1) is 20.3. The number of hydrogen-bond donors (Lipinski definition) is 0. The van der Waals surface area contributed by atoms with Crippen molar-refractivity contribution in [2.24, 2.45) is 0 Å². The Labute approximate surface area is 181 Å². The van der Waals surface area contributed by atoms with Crippen LogP contribution in [0.2, 0.25) is 0 Å². The van der Waals surface area contributed by atoms with E-state index in [2.05, 4.69) is 0 Å². The predicted molar refractivity (Wildman–Crippen MR) is 122 cm³/mol. The molecule has 3 heteroatoms. The van der Waals surface area contributed by atoms with Crippen molar-refractivity contribution in [3.05, 3.63) is 137 Å². The van der Waals surface area contributed by atoms with Crippen molar-refractivity contribution in [1.82, 2.24) is 0 Å². The molecule has 0 fully saturated rings. The quantitative estimate of drug-likeness (QED) is 0.263. The lowest BCUT2D eigenvalue weighted by Crippen LogP contribution is -2.09. The Balaban J connectivity index is 1.70. The molecule has 0 bridgehead atoms. The van der Waals surface area contributed by atoms with Gasteiger partial charge in [0.25, 0.3) is 0 Å². The molecule has 0 aromatic heterocycles. The van der Waals surface area contributed by atoms with E-state index in [9.17, 15) is 9.59 Å². The minimum Gasteiger partial charge on any atom is -0.489 e. The largest absolute Gasteiger partial charge is 0.489 e. The van der Waals surface area contributed by atoms with Gasteiger partial charge in [-0.3, -0.25) is 9.59 Å². The Hall–Kier alpha value is -3.98. The molecule has 152 valence electrons. The number of carbonyl (C=O) groups is 2. The highest BCUT2D eigenvalue weighted by Gasteiger charge is 2.22. The van der Waals surface area contributed by atoms with Crippen LogP contribution in [0.4, 0.5) is 0 Å². The Morgan fingerprint density at radius 1 is 0.613 bits per heavy atom. The number of carbonyl (C=O) groups excluding carboxylic acids is 2. The molecule has 0 heterocycles. The number of benzene rings is 4. The maximum Gasteiger partial charge on any atom is 0.150 e. The van der Waals surface area contributed by atoms with E-state index in [1.807, 2.05) is 91.0 Å². The summed E-state index contributed by atoms with van der Waals surface area (Å²) in [5, 5.41) is 0. The highest BCUT2D eigenvalue weighted by molar-refractivity contribution is 5.81. The van der Waals surface area contributed by atoms with Crippen LogP contribution in [0.15, 0.2) is 103 Å². The minimum absolute atomic E-state index is 0.244. The lowest BCUT2D eigenvalue weighted by Gasteiger charge is -2.22. The highest BCUT2D eigenvalue weighted by atomic mass is 16.5. The van der Waals surface area contributed by atoms with Crippen LogP contribution >= 0.6 is 0 Å². The van der Waals surface area contributed by atoms with Gasteiger partial charge in [0.15, 0.2) is 0 Å². The summed E-state index contributed by atoms with van der Waals surface area (Å²) in [7, 11) is 0. The summed E-state index contributed by atoms with van der Waals surface area (Å²) in [6.45, 7) is 0.492. The zero-order valence-electron chi connectivity index (χ0n) is 17.0. The summed E-state index contributed by atoms with van der Waals surface area (Å²) in [6.07, 6.45) is 1.73. The molecular weight excluding hydrogens is 384 g/mol. The Bertz CT molecular complexity index is 1110. The third-order valence-electron chi connectivity index (χ3n) is 5.33. The number of ether oxygens (including phenoxy) is 1. The van der Waals surface area contributed by atoms with E-state index in [1.165, 1.54) is 0 Å². The lowest BCUT2D eigenvalue weighted by atomic mass is 9.81. The van der Waals surface area contributed by atoms with E-state index in [1.54, 1.807) is 12.1 Å². The smallest absolute Gasteiger partial charge is 0.150 e. The molecule has 4 aromatic rings. The number of aldehydes is 2. The van der Waals surface area contributed by atoms with Crippen LogP contribution in [-0.2, 0) is 6.61 Å². The lowest BCUT2D eigenvalue weighted by molar-refractivity contribution is 0.111. The van der Waals surface area contributed by atoms with E-state index in [4.69, 9.17) is 4.74 Å². The van der Waals surface area contributed by atoms with Gasteiger partial charge in [0.1, 0.15) is 24.9 Å². The fourth-order valence-electron chi connectivity index (χ4n) is 3.79. The maximum absolute atomic E-state index is 11.7. The maximum atomic E-state index is 11.7. The van der Waals surface area contributed by atoms with Crippen molar-refractivity contribution in [2.75, 3.05) is 0 Å². The van der Waals surface area contributed by atoms with Gasteiger partial charge >= 0.3 is 0 Å². The molecule has 3 nitrogen and oxygen atoms in total. The van der Waals surface area contributed by atoms with Gasteiger partial charge in [0.2, 0.25) is 0 Å². The third kappa shape index (κ3) is 4.62. The van der Waals surface area contributed by atoms with Crippen LogP contribution in [0.3, 0.4) is 0 Å². The van der Waals surface area contributed by atoms with Crippen LogP contribution in [0.25, 0.3) is 0 Å². The standard InChI is InChI=1S/C28H22O3/c29-18-23-10-4-6-12-26(23)28(27-13-7-5-11-24(27)19-30)22-14-16-25(17-15-22)31-20-21-8-2-1-3-9-21/h1-19,28H,20H2. The summed E-state index contributed by atoms with van der Waals surface area (Å²) in [5.41, 5.74) is 5.03. The van der Waals surface area contributed by atoms with Crippen molar-refractivity contribution in [1.29, 1.82) is 0 Å². The van der Waals surface area contributed by atoms with Crippen LogP contribution in [0, 0.1) is 0 Å². The van der Waals surface area contributed by atoms with Gasteiger partial charge in [-0.15, -0.1) is 0 Å². The topological polar surface area (TPSA) is 43.4 Å². The molecule has 4 aromatic carbocycles. The van der Waals surface area contributed by atoms with Crippen LogP contribution in [0.1, 0.15) is 48.9 Å². The van der Waals surface area contributed by atoms with Crippen molar-refractivity contribution in [3.8, 4) is 5.75 Å². The fraction of sp³-hybridized carbons (Fsp3) is 0.0714. The molecule has 0 radical (unpaired) electrons. The Morgan fingerprint density at radius 2 is 1.13 bits per heavy atom. The monoisotopic (exact) mass is 406 g/mol. The number of hydrogen-bond acceptors (Lipinski definition) is 3. The fourth-order valence-corrected chi connectivity index (χ4v) is 3.79. The Morgan fingerprint density at radius 3 is 1.68 bits per heavy atom. The normalized spacial score (nSPS) is 10.6. The molecule has 0 amide bonds. The average molecular weight is 406 g/mol. The van der Waals surface area contributed by atoms with Gasteiger partial charge in [0, 0.05) is 17.0 Å². The van der Waals surface area contributed by atoms with Crippen molar-refractivity contribution < 1.29 is 14.3 Å². The van der Waals surface area contributed by atoms with Gasteiger partial charge in [-0.2, -0.15) is 0 Å². The van der Waals surface area contributed by atoms with Crippen LogP contribution in [0.5, 0.6) is 5.75 Å². The molecule has 0 saturated heterocycles. The molecule has 4 rings (SSSR count). The predicted octanol–water partition coefficient (Wildman–Crippen LogP) is 6.07. The molecule has 0 atom stereocenters. The van der Waals surface area contributed by atoms with Gasteiger partial charge in [-0.05, 0) is 34.4 Å². The number of rotatable bonds is 8. The van der Waals surface area contributed by atoms with Gasteiger partial charge in [-0.25, -0.2) is 0 Å². The van der Waals surface area contributed by atoms with E-state index < -0.39 is 0 Å². The van der Waals surface area contributed by atoms with E-state index in [0.29, 0.717) is 17.7 Å². The average Bonchev–Trinajstić information content (AvgIpc) is 2.85. The summed E-state index contributed by atoms with van der Waals surface area (Å²) < 4.78 is 5.92. The first-order valence-corrected chi connectivity index (χ1v) is 10.1. The van der Waals surface area contributed by atoms with Crippen molar-refractivity contribution >= 4 is 12.6 Å². The first-order valence-electron chi connectivity index (χ1n) is 10.1. The zero-order valence-corrected chi connectivity index (χ0v) is 17.0. The summed E-state index contributed by atoms with van der Waals surface area (Å²) in [4.78, 5) is 23.5. The molecule has 31 heavy (non-hydrogen) atoms. The van der Waals surface area contributed by atoms with Crippen LogP contribution in [-0.4, -0.2) is 12.6 Å². The van der Waals surface area contributed by atoms with Crippen molar-refractivity contribution in [3.63, 3.8) is 0 Å². The summed E-state index contributed by atoms with van der Waals surface area (Å²) >= 11 is 0. The van der Waals surface area contributed by atoms with E-state index in [0.717, 1.165) is 40.6 Å². The molecular formula is C28H22O3. The van der Waals surface area contributed by atoms with E-state index >= 15 is 0 Å². The summed E-state index contributed by atoms with van der Waals surface area (Å²) in [6, 6.07) is 32.8. The molecule has 0 saturated carbocycles. The minimum atomic E-state index is -0.244. The van der Waals surface area contributed by atoms with E-state index in [-0.39, 0.29) is 5.92 Å². The molecule has 0 aliphatic heterocycles. The molecule has 0 unspecified atom stereocenters. The molecule has 0 spiro atoms. The zero-order chi connectivity index (χ0) is 21.5. The molecule has 0 N–H and O–H groups in total. The summed E-state index contributed by atoms with van der Waals surface area (Å²) in [5.74, 6) is 0.518. The highest BCUT2D eigenvalue weighted by Crippen LogP contribution is 2.35. The SMILES string of the molecule is O=Cc1ccccc1C(c1ccc(OCc2ccccc2)cc1)c1ccccc1C=O. The Kier molecular flexibility index (Phi) is 6.34. The second kappa shape index (κ2) is 9.68. The van der Waals surface area contributed by atoms with Gasteiger partial charge in [-0.1, -0.05) is 91.0 Å². The second-order valence-electron chi connectivity index (χ2n) is 7.27. The van der Waals surface area contributed by atoms with Crippen molar-refractivity contribution in [2.45, 2.75) is 12.5 Å². The second-order valence-corrected chi connectivity index (χ2v) is 7.27. The van der Waals surface area contributed by atoms with Gasteiger partial charge < -0.3 is 4.74 Å².